The Kier molecular flexibility index (Phi) is 6.18. The minimum atomic E-state index is -0.461. The molecule has 3 N–H and O–H groups in total. The molecule has 0 fully saturated rings. The molecule has 164 valence electrons. The summed E-state index contributed by atoms with van der Waals surface area (Å²) in [6.45, 7) is 0.562. The third kappa shape index (κ3) is 4.20. The Labute approximate surface area is 185 Å². The van der Waals surface area contributed by atoms with Gasteiger partial charge in [0.2, 0.25) is 5.97 Å². The molecule has 4 rings (SSSR count). The summed E-state index contributed by atoms with van der Waals surface area (Å²) in [5.41, 5.74) is 10.0. The number of nitrogens with two attached hydrogens (primary N) is 1. The van der Waals surface area contributed by atoms with Crippen LogP contribution in [-0.2, 0) is 6.54 Å². The van der Waals surface area contributed by atoms with E-state index < -0.39 is 12.0 Å². The molecule has 32 heavy (non-hydrogen) atoms. The standard InChI is InChI=1S/C25H24FN3O3/c1-31-19-5-3-4-17(10-19)22(13-27)29-25(30)21-12-16(8-9-23(21)32-2)15-6-7-18-14-28-24(26)20(18)11-15/h3-12,22H,13-14,27H2,1-2H3,(H,29,30). The van der Waals surface area contributed by atoms with E-state index in [4.69, 9.17) is 15.2 Å². The van der Waals surface area contributed by atoms with Gasteiger partial charge in [0, 0.05) is 12.1 Å². The van der Waals surface area contributed by atoms with Crippen LogP contribution in [0.3, 0.4) is 0 Å². The number of hydrogen-bond donors (Lipinski definition) is 2. The van der Waals surface area contributed by atoms with Crippen LogP contribution in [-0.4, -0.2) is 32.6 Å². The molecule has 1 atom stereocenters. The quantitative estimate of drug-likeness (QED) is 0.589. The van der Waals surface area contributed by atoms with E-state index in [2.05, 4.69) is 10.3 Å². The summed E-state index contributed by atoms with van der Waals surface area (Å²) in [6.07, 6.45) is 0. The molecule has 0 aliphatic carbocycles. The molecule has 0 bridgehead atoms. The number of rotatable bonds is 7. The number of benzene rings is 3. The van der Waals surface area contributed by atoms with Gasteiger partial charge in [-0.25, -0.2) is 0 Å². The Balaban J connectivity index is 1.64. The number of carbonyl (C=O) groups excluding carboxylic acids is 1. The molecule has 0 saturated heterocycles. The zero-order chi connectivity index (χ0) is 22.7. The second kappa shape index (κ2) is 9.20. The van der Waals surface area contributed by atoms with Crippen LogP contribution in [0.4, 0.5) is 4.39 Å². The molecule has 0 saturated carbocycles. The summed E-state index contributed by atoms with van der Waals surface area (Å²) in [4.78, 5) is 17.0. The number of fused-ring (bicyclic) bond motifs is 1. The van der Waals surface area contributed by atoms with Crippen LogP contribution in [0.2, 0.25) is 0 Å². The van der Waals surface area contributed by atoms with Gasteiger partial charge in [0.15, 0.2) is 0 Å². The first kappa shape index (κ1) is 21.5. The van der Waals surface area contributed by atoms with Crippen molar-refractivity contribution in [2.45, 2.75) is 12.6 Å². The minimum absolute atomic E-state index is 0.213. The van der Waals surface area contributed by atoms with E-state index in [1.54, 1.807) is 25.3 Å². The van der Waals surface area contributed by atoms with E-state index in [9.17, 15) is 9.18 Å². The highest BCUT2D eigenvalue weighted by molar-refractivity contribution is 6.00. The molecule has 0 radical (unpaired) electrons. The lowest BCUT2D eigenvalue weighted by molar-refractivity contribution is 0.0934. The summed E-state index contributed by atoms with van der Waals surface area (Å²) in [5.74, 6) is 0.331. The van der Waals surface area contributed by atoms with E-state index in [-0.39, 0.29) is 12.5 Å². The van der Waals surface area contributed by atoms with Crippen LogP contribution in [0.1, 0.15) is 33.1 Å². The predicted octanol–water partition coefficient (Wildman–Crippen LogP) is 4.03. The highest BCUT2D eigenvalue weighted by Gasteiger charge is 2.20. The topological polar surface area (TPSA) is 85.9 Å². The molecule has 3 aromatic carbocycles. The summed E-state index contributed by atoms with van der Waals surface area (Å²) in [7, 11) is 3.09. The van der Waals surface area contributed by atoms with Gasteiger partial charge < -0.3 is 20.5 Å². The van der Waals surface area contributed by atoms with E-state index in [0.717, 1.165) is 22.3 Å². The molecule has 0 spiro atoms. The summed E-state index contributed by atoms with van der Waals surface area (Å²) < 4.78 is 24.7. The molecule has 1 amide bonds. The number of carbonyl (C=O) groups is 1. The first-order valence-electron chi connectivity index (χ1n) is 10.2. The maximum atomic E-state index is 14.0. The zero-order valence-electron chi connectivity index (χ0n) is 17.9. The van der Waals surface area contributed by atoms with Crippen molar-refractivity contribution in [2.75, 3.05) is 20.8 Å². The van der Waals surface area contributed by atoms with Crippen LogP contribution in [0.5, 0.6) is 11.5 Å². The number of amides is 1. The molecule has 1 aliphatic rings. The van der Waals surface area contributed by atoms with E-state index in [1.165, 1.54) is 7.11 Å². The van der Waals surface area contributed by atoms with Gasteiger partial charge >= 0.3 is 0 Å². The fourth-order valence-electron chi connectivity index (χ4n) is 3.76. The van der Waals surface area contributed by atoms with Gasteiger partial charge in [-0.1, -0.05) is 30.3 Å². The Hall–Kier alpha value is -3.71. The van der Waals surface area contributed by atoms with Gasteiger partial charge in [-0.15, -0.1) is 0 Å². The number of nitrogens with zero attached hydrogens (tertiary/aromatic N) is 1. The Morgan fingerprint density at radius 3 is 2.62 bits per heavy atom. The maximum Gasteiger partial charge on any atom is 0.255 e. The average Bonchev–Trinajstić information content (AvgIpc) is 3.21. The second-order valence-corrected chi connectivity index (χ2v) is 7.43. The summed E-state index contributed by atoms with van der Waals surface area (Å²) in [6, 6.07) is 17.8. The molecule has 7 heteroatoms. The third-order valence-electron chi connectivity index (χ3n) is 5.53. The predicted molar refractivity (Wildman–Crippen MR) is 122 cm³/mol. The van der Waals surface area contributed by atoms with E-state index >= 15 is 0 Å². The van der Waals surface area contributed by atoms with Gasteiger partial charge in [0.05, 0.1) is 32.4 Å². The molecule has 1 aliphatic heterocycles. The summed E-state index contributed by atoms with van der Waals surface area (Å²) >= 11 is 0. The van der Waals surface area contributed by atoms with Crippen LogP contribution >= 0.6 is 0 Å². The van der Waals surface area contributed by atoms with E-state index in [0.29, 0.717) is 29.2 Å². The fraction of sp³-hybridized carbons (Fsp3) is 0.200. The van der Waals surface area contributed by atoms with Crippen molar-refractivity contribution < 1.29 is 18.7 Å². The molecule has 1 unspecified atom stereocenters. The normalized spacial score (nSPS) is 13.2. The number of hydrogen-bond acceptors (Lipinski definition) is 5. The third-order valence-corrected chi connectivity index (χ3v) is 5.53. The number of ether oxygens (including phenoxy) is 2. The number of nitrogens with one attached hydrogen (secondary N) is 1. The molecular weight excluding hydrogens is 409 g/mol. The van der Waals surface area contributed by atoms with Crippen molar-refractivity contribution in [3.05, 3.63) is 82.9 Å². The average molecular weight is 433 g/mol. The van der Waals surface area contributed by atoms with Gasteiger partial charge in [-0.2, -0.15) is 4.39 Å². The van der Waals surface area contributed by atoms with E-state index in [1.807, 2.05) is 42.5 Å². The lowest BCUT2D eigenvalue weighted by Gasteiger charge is -2.19. The SMILES string of the molecule is COc1cccc(C(CN)NC(=O)c2cc(-c3ccc4c(c3)C(F)=NC4)ccc2OC)c1. The lowest BCUT2D eigenvalue weighted by atomic mass is 9.98. The summed E-state index contributed by atoms with van der Waals surface area (Å²) in [5, 5.41) is 2.97. The van der Waals surface area contributed by atoms with Gasteiger partial charge in [-0.3, -0.25) is 9.79 Å². The molecule has 3 aromatic rings. The minimum Gasteiger partial charge on any atom is -0.497 e. The molecule has 0 aromatic heterocycles. The van der Waals surface area contributed by atoms with Crippen molar-refractivity contribution in [2.24, 2.45) is 10.7 Å². The maximum absolute atomic E-state index is 14.0. The fourth-order valence-corrected chi connectivity index (χ4v) is 3.76. The molecule has 6 nitrogen and oxygen atoms in total. The zero-order valence-corrected chi connectivity index (χ0v) is 17.9. The van der Waals surface area contributed by atoms with Gasteiger partial charge in [0.25, 0.3) is 5.91 Å². The highest BCUT2D eigenvalue weighted by Crippen LogP contribution is 2.31. The van der Waals surface area contributed by atoms with Crippen molar-refractivity contribution in [3.8, 4) is 22.6 Å². The Bertz CT molecular complexity index is 1190. The van der Waals surface area contributed by atoms with Crippen LogP contribution in [0, 0.1) is 0 Å². The molecular formula is C25H24FN3O3. The van der Waals surface area contributed by atoms with Crippen molar-refractivity contribution in [1.82, 2.24) is 5.32 Å². The van der Waals surface area contributed by atoms with Crippen LogP contribution < -0.4 is 20.5 Å². The molecule has 1 heterocycles. The first-order valence-corrected chi connectivity index (χ1v) is 10.2. The van der Waals surface area contributed by atoms with Gasteiger partial charge in [0.1, 0.15) is 11.5 Å². The number of aliphatic imine (C=N–C) groups is 1. The van der Waals surface area contributed by atoms with Crippen molar-refractivity contribution >= 4 is 11.9 Å². The Morgan fingerprint density at radius 2 is 1.88 bits per heavy atom. The largest absolute Gasteiger partial charge is 0.497 e. The number of methoxy groups -OCH3 is 2. The number of halogens is 1. The highest BCUT2D eigenvalue weighted by atomic mass is 19.1. The van der Waals surface area contributed by atoms with Gasteiger partial charge in [-0.05, 0) is 52.6 Å². The first-order chi connectivity index (χ1) is 15.5. The van der Waals surface area contributed by atoms with Crippen molar-refractivity contribution in [3.63, 3.8) is 0 Å². The smallest absolute Gasteiger partial charge is 0.255 e. The van der Waals surface area contributed by atoms with Crippen LogP contribution in [0.25, 0.3) is 11.1 Å². The monoisotopic (exact) mass is 433 g/mol. The van der Waals surface area contributed by atoms with Crippen molar-refractivity contribution in [1.29, 1.82) is 0 Å². The Morgan fingerprint density at radius 1 is 1.09 bits per heavy atom. The lowest BCUT2D eigenvalue weighted by Crippen LogP contribution is -2.33. The van der Waals surface area contributed by atoms with Crippen LogP contribution in [0.15, 0.2) is 65.7 Å². The second-order valence-electron chi connectivity index (χ2n) is 7.43.